The predicted octanol–water partition coefficient (Wildman–Crippen LogP) is -0.744. The molecular formula is C13H22N6O. The summed E-state index contributed by atoms with van der Waals surface area (Å²) in [7, 11) is 1.90. The zero-order chi connectivity index (χ0) is 14.1. The van der Waals surface area contributed by atoms with Gasteiger partial charge in [0.25, 0.3) is 0 Å². The third kappa shape index (κ3) is 2.43. The van der Waals surface area contributed by atoms with E-state index in [1.807, 2.05) is 16.6 Å². The fourth-order valence-corrected chi connectivity index (χ4v) is 3.04. The largest absolute Gasteiger partial charge is 0.343 e. The molecule has 110 valence electrons. The molecule has 1 aromatic rings. The first kappa shape index (κ1) is 13.5. The molecule has 7 heteroatoms. The molecule has 0 aliphatic carbocycles. The smallest absolute Gasteiger partial charge is 0.241 e. The van der Waals surface area contributed by atoms with Gasteiger partial charge in [0.15, 0.2) is 0 Å². The van der Waals surface area contributed by atoms with Crippen LogP contribution in [-0.4, -0.2) is 81.2 Å². The molecule has 2 aliphatic heterocycles. The highest BCUT2D eigenvalue weighted by Gasteiger charge is 2.37. The molecule has 0 bridgehead atoms. The summed E-state index contributed by atoms with van der Waals surface area (Å²) in [6.45, 7) is 8.25. The fraction of sp³-hybridized carbons (Fsp3) is 0.769. The van der Waals surface area contributed by atoms with Gasteiger partial charge in [0.05, 0.1) is 6.54 Å². The second-order valence-corrected chi connectivity index (χ2v) is 5.54. The van der Waals surface area contributed by atoms with Crippen molar-refractivity contribution >= 4 is 5.91 Å². The molecule has 7 nitrogen and oxygen atoms in total. The molecule has 0 N–H and O–H groups in total. The first-order valence-corrected chi connectivity index (χ1v) is 7.27. The van der Waals surface area contributed by atoms with Crippen LogP contribution in [0.5, 0.6) is 0 Å². The lowest BCUT2D eigenvalue weighted by atomic mass is 10.1. The van der Waals surface area contributed by atoms with Crippen LogP contribution in [-0.2, 0) is 17.9 Å². The molecule has 0 saturated carbocycles. The molecule has 0 aromatic carbocycles. The Kier molecular flexibility index (Phi) is 3.71. The Bertz CT molecular complexity index is 487. The standard InChI is InChI=1S/C13H22N6O/c1-3-19-12(14-10-15-19)9-17-5-7-18-6-4-16(2)13(20)11(18)8-17/h10-11H,3-9H2,1-2H3/t11-/m1/s1. The van der Waals surface area contributed by atoms with Gasteiger partial charge in [-0.3, -0.25) is 14.6 Å². The van der Waals surface area contributed by atoms with E-state index in [0.717, 1.165) is 51.6 Å². The van der Waals surface area contributed by atoms with E-state index in [2.05, 4.69) is 26.8 Å². The quantitative estimate of drug-likeness (QED) is 0.728. The van der Waals surface area contributed by atoms with E-state index in [1.54, 1.807) is 6.33 Å². The summed E-state index contributed by atoms with van der Waals surface area (Å²) in [4.78, 5) is 23.0. The lowest BCUT2D eigenvalue weighted by Gasteiger charge is -2.45. The van der Waals surface area contributed by atoms with Crippen LogP contribution in [0.15, 0.2) is 6.33 Å². The van der Waals surface area contributed by atoms with Gasteiger partial charge in [-0.1, -0.05) is 0 Å². The van der Waals surface area contributed by atoms with E-state index >= 15 is 0 Å². The van der Waals surface area contributed by atoms with Gasteiger partial charge in [0, 0.05) is 46.3 Å². The van der Waals surface area contributed by atoms with Gasteiger partial charge in [-0.15, -0.1) is 0 Å². The van der Waals surface area contributed by atoms with Gasteiger partial charge in [-0.25, -0.2) is 9.67 Å². The number of carbonyl (C=O) groups excluding carboxylic acids is 1. The molecule has 2 aliphatic rings. The first-order valence-electron chi connectivity index (χ1n) is 7.27. The highest BCUT2D eigenvalue weighted by Crippen LogP contribution is 2.17. The monoisotopic (exact) mass is 278 g/mol. The number of aryl methyl sites for hydroxylation is 1. The minimum absolute atomic E-state index is 0.0143. The van der Waals surface area contributed by atoms with Crippen molar-refractivity contribution in [2.75, 3.05) is 39.8 Å². The van der Waals surface area contributed by atoms with Crippen molar-refractivity contribution in [3.63, 3.8) is 0 Å². The van der Waals surface area contributed by atoms with Crippen LogP contribution in [0.1, 0.15) is 12.7 Å². The minimum Gasteiger partial charge on any atom is -0.343 e. The van der Waals surface area contributed by atoms with Gasteiger partial charge in [-0.2, -0.15) is 5.10 Å². The topological polar surface area (TPSA) is 57.5 Å². The first-order chi connectivity index (χ1) is 9.69. The number of carbonyl (C=O) groups is 1. The highest BCUT2D eigenvalue weighted by molar-refractivity contribution is 5.82. The maximum absolute atomic E-state index is 12.3. The molecular weight excluding hydrogens is 256 g/mol. The molecule has 3 rings (SSSR count). The second kappa shape index (κ2) is 5.49. The third-order valence-corrected chi connectivity index (χ3v) is 4.32. The zero-order valence-electron chi connectivity index (χ0n) is 12.2. The number of aromatic nitrogens is 3. The third-order valence-electron chi connectivity index (χ3n) is 4.32. The Morgan fingerprint density at radius 1 is 1.30 bits per heavy atom. The van der Waals surface area contributed by atoms with Crippen molar-refractivity contribution in [3.8, 4) is 0 Å². The summed E-state index contributed by atoms with van der Waals surface area (Å²) in [5.41, 5.74) is 0. The number of hydrogen-bond acceptors (Lipinski definition) is 5. The normalized spacial score (nSPS) is 25.0. The van der Waals surface area contributed by atoms with Crippen LogP contribution in [0.4, 0.5) is 0 Å². The van der Waals surface area contributed by atoms with Crippen molar-refractivity contribution in [2.45, 2.75) is 26.1 Å². The van der Waals surface area contributed by atoms with E-state index in [0.29, 0.717) is 0 Å². The number of fused-ring (bicyclic) bond motifs is 1. The maximum atomic E-state index is 12.3. The Morgan fingerprint density at radius 2 is 2.10 bits per heavy atom. The summed E-state index contributed by atoms with van der Waals surface area (Å²) in [5.74, 6) is 1.23. The van der Waals surface area contributed by atoms with Gasteiger partial charge in [0.2, 0.25) is 5.91 Å². The van der Waals surface area contributed by atoms with E-state index in [4.69, 9.17) is 0 Å². The van der Waals surface area contributed by atoms with Crippen LogP contribution >= 0.6 is 0 Å². The van der Waals surface area contributed by atoms with E-state index in [1.165, 1.54) is 0 Å². The molecule has 0 spiro atoms. The molecule has 1 amide bonds. The molecule has 0 unspecified atom stereocenters. The van der Waals surface area contributed by atoms with Gasteiger partial charge in [-0.05, 0) is 6.92 Å². The average Bonchev–Trinajstić information content (AvgIpc) is 2.90. The molecule has 20 heavy (non-hydrogen) atoms. The molecule has 0 radical (unpaired) electrons. The summed E-state index contributed by atoms with van der Waals surface area (Å²) in [5, 5.41) is 4.20. The van der Waals surface area contributed by atoms with Crippen LogP contribution < -0.4 is 0 Å². The van der Waals surface area contributed by atoms with E-state index < -0.39 is 0 Å². The number of piperazine rings is 2. The van der Waals surface area contributed by atoms with Crippen LogP contribution in [0.25, 0.3) is 0 Å². The van der Waals surface area contributed by atoms with Crippen LogP contribution in [0.3, 0.4) is 0 Å². The fourth-order valence-electron chi connectivity index (χ4n) is 3.04. The lowest BCUT2D eigenvalue weighted by molar-refractivity contribution is -0.143. The minimum atomic E-state index is 0.0143. The number of likely N-dealkylation sites (N-methyl/N-ethyl adjacent to an activating group) is 1. The van der Waals surface area contributed by atoms with Crippen molar-refractivity contribution in [3.05, 3.63) is 12.2 Å². The Balaban J connectivity index is 1.67. The van der Waals surface area contributed by atoms with Crippen molar-refractivity contribution in [1.82, 2.24) is 29.5 Å². The second-order valence-electron chi connectivity index (χ2n) is 5.54. The molecule has 2 fully saturated rings. The highest BCUT2D eigenvalue weighted by atomic mass is 16.2. The molecule has 2 saturated heterocycles. The maximum Gasteiger partial charge on any atom is 0.241 e. The van der Waals surface area contributed by atoms with E-state index in [9.17, 15) is 4.79 Å². The molecule has 1 atom stereocenters. The average molecular weight is 278 g/mol. The van der Waals surface area contributed by atoms with Crippen molar-refractivity contribution in [1.29, 1.82) is 0 Å². The Morgan fingerprint density at radius 3 is 2.90 bits per heavy atom. The summed E-state index contributed by atoms with van der Waals surface area (Å²) >= 11 is 0. The number of nitrogens with zero attached hydrogens (tertiary/aromatic N) is 6. The number of amides is 1. The van der Waals surface area contributed by atoms with Gasteiger partial charge in [0.1, 0.15) is 18.2 Å². The molecule has 1 aromatic heterocycles. The van der Waals surface area contributed by atoms with Crippen LogP contribution in [0, 0.1) is 0 Å². The lowest BCUT2D eigenvalue weighted by Crippen LogP contribution is -2.63. The van der Waals surface area contributed by atoms with Gasteiger partial charge >= 0.3 is 0 Å². The van der Waals surface area contributed by atoms with Crippen molar-refractivity contribution < 1.29 is 4.79 Å². The van der Waals surface area contributed by atoms with E-state index in [-0.39, 0.29) is 11.9 Å². The number of hydrogen-bond donors (Lipinski definition) is 0. The number of rotatable bonds is 3. The van der Waals surface area contributed by atoms with Crippen LogP contribution in [0.2, 0.25) is 0 Å². The molecule has 3 heterocycles. The summed E-state index contributed by atoms with van der Waals surface area (Å²) in [6, 6.07) is 0.0143. The zero-order valence-corrected chi connectivity index (χ0v) is 12.2. The Labute approximate surface area is 119 Å². The summed E-state index contributed by atoms with van der Waals surface area (Å²) in [6.07, 6.45) is 1.61. The SMILES string of the molecule is CCn1ncnc1CN1CCN2CCN(C)C(=O)[C@H]2C1. The summed E-state index contributed by atoms with van der Waals surface area (Å²) < 4.78 is 1.92. The van der Waals surface area contributed by atoms with Gasteiger partial charge < -0.3 is 4.90 Å². The predicted molar refractivity (Wildman–Crippen MR) is 74.0 cm³/mol. The Hall–Kier alpha value is -1.47. The van der Waals surface area contributed by atoms with Crippen molar-refractivity contribution in [2.24, 2.45) is 0 Å².